The highest BCUT2D eigenvalue weighted by molar-refractivity contribution is 7.15. The first kappa shape index (κ1) is 16.6. The maximum Gasteiger partial charge on any atom is 0.194 e. The molecule has 3 aromatic rings. The van der Waals surface area contributed by atoms with E-state index < -0.39 is 29.1 Å². The third kappa shape index (κ3) is 3.19. The van der Waals surface area contributed by atoms with Crippen molar-refractivity contribution in [3.63, 3.8) is 0 Å². The molecule has 3 rings (SSSR count). The molecule has 0 spiro atoms. The highest BCUT2D eigenvalue weighted by atomic mass is 32.1. The van der Waals surface area contributed by atoms with Crippen LogP contribution in [0, 0.1) is 36.0 Å². The summed E-state index contributed by atoms with van der Waals surface area (Å²) in [6, 6.07) is 7.42. The fourth-order valence-corrected chi connectivity index (χ4v) is 3.27. The first-order valence-corrected chi connectivity index (χ1v) is 7.85. The summed E-state index contributed by atoms with van der Waals surface area (Å²) >= 11 is 1.40. The van der Waals surface area contributed by atoms with Crippen LogP contribution in [-0.4, -0.2) is 0 Å². The Bertz CT molecular complexity index is 868. The molecule has 0 fully saturated rings. The molecule has 0 radical (unpaired) electrons. The van der Waals surface area contributed by atoms with Crippen LogP contribution in [0.5, 0.6) is 0 Å². The average Bonchev–Trinajstić information content (AvgIpc) is 2.95. The van der Waals surface area contributed by atoms with Crippen LogP contribution in [0.1, 0.15) is 16.0 Å². The predicted octanol–water partition coefficient (Wildman–Crippen LogP) is 6.01. The van der Waals surface area contributed by atoms with E-state index in [0.29, 0.717) is 5.56 Å². The second kappa shape index (κ2) is 6.36. The highest BCUT2D eigenvalue weighted by Gasteiger charge is 2.16. The van der Waals surface area contributed by atoms with E-state index in [0.717, 1.165) is 21.9 Å². The zero-order valence-corrected chi connectivity index (χ0v) is 13.3. The summed E-state index contributed by atoms with van der Waals surface area (Å²) in [7, 11) is 0. The molecule has 0 bridgehead atoms. The zero-order valence-electron chi connectivity index (χ0n) is 12.5. The molecule has 0 N–H and O–H groups in total. The minimum atomic E-state index is -1.61. The van der Waals surface area contributed by atoms with Crippen molar-refractivity contribution in [1.29, 1.82) is 0 Å². The first-order valence-electron chi connectivity index (χ1n) is 7.03. The summed E-state index contributed by atoms with van der Waals surface area (Å²) in [6.45, 7) is 1.88. The molecule has 0 nitrogen and oxygen atoms in total. The van der Waals surface area contributed by atoms with Gasteiger partial charge in [-0.3, -0.25) is 0 Å². The van der Waals surface area contributed by atoms with E-state index in [1.807, 2.05) is 13.0 Å². The zero-order chi connectivity index (χ0) is 17.4. The lowest BCUT2D eigenvalue weighted by Crippen LogP contribution is -2.01. The van der Waals surface area contributed by atoms with Crippen LogP contribution in [0.15, 0.2) is 36.4 Å². The summed E-state index contributed by atoms with van der Waals surface area (Å²) in [5, 5.41) is 0. The fraction of sp³-hybridized carbons (Fsp3) is 0.111. The van der Waals surface area contributed by atoms with Gasteiger partial charge in [0.2, 0.25) is 0 Å². The standard InChI is InChI=1S/C18H11F5S/c1-9-2-3-17(24-9)11-7-13(19)12(14(20)8-11)4-10-5-15(21)18(23)16(22)6-10/h2-3,5-8H,4H2,1H3. The predicted molar refractivity (Wildman–Crippen MR) is 83.5 cm³/mol. The van der Waals surface area contributed by atoms with Crippen molar-refractivity contribution in [2.45, 2.75) is 13.3 Å². The summed E-state index contributed by atoms with van der Waals surface area (Å²) in [5.41, 5.74) is 0.0182. The van der Waals surface area contributed by atoms with Crippen molar-refractivity contribution in [2.24, 2.45) is 0 Å². The van der Waals surface area contributed by atoms with Crippen LogP contribution in [0.25, 0.3) is 10.4 Å². The van der Waals surface area contributed by atoms with E-state index in [2.05, 4.69) is 0 Å². The number of benzene rings is 2. The summed E-state index contributed by atoms with van der Waals surface area (Å²) in [4.78, 5) is 1.72. The van der Waals surface area contributed by atoms with E-state index in [4.69, 9.17) is 0 Å². The van der Waals surface area contributed by atoms with E-state index in [-0.39, 0.29) is 17.5 Å². The molecule has 1 aromatic heterocycles. The van der Waals surface area contributed by atoms with Gasteiger partial charge in [-0.25, -0.2) is 22.0 Å². The smallest absolute Gasteiger partial charge is 0.194 e. The van der Waals surface area contributed by atoms with Crippen LogP contribution in [0.4, 0.5) is 22.0 Å². The molecule has 1 heterocycles. The topological polar surface area (TPSA) is 0 Å². The van der Waals surface area contributed by atoms with Gasteiger partial charge in [-0.15, -0.1) is 11.3 Å². The Morgan fingerprint density at radius 3 is 1.88 bits per heavy atom. The van der Waals surface area contributed by atoms with Crippen molar-refractivity contribution in [3.8, 4) is 10.4 Å². The lowest BCUT2D eigenvalue weighted by molar-refractivity contribution is 0.445. The molecule has 0 aliphatic carbocycles. The molecular weight excluding hydrogens is 343 g/mol. The molecule has 0 saturated heterocycles. The largest absolute Gasteiger partial charge is 0.207 e. The van der Waals surface area contributed by atoms with E-state index in [9.17, 15) is 22.0 Å². The van der Waals surface area contributed by atoms with Gasteiger partial charge in [-0.05, 0) is 54.4 Å². The number of hydrogen-bond donors (Lipinski definition) is 0. The maximum atomic E-state index is 14.3. The Hall–Kier alpha value is -2.21. The lowest BCUT2D eigenvalue weighted by Gasteiger charge is -2.09. The average molecular weight is 354 g/mol. The van der Waals surface area contributed by atoms with Crippen molar-refractivity contribution in [1.82, 2.24) is 0 Å². The number of halogens is 5. The third-order valence-corrected chi connectivity index (χ3v) is 4.64. The van der Waals surface area contributed by atoms with Crippen LogP contribution in [0.3, 0.4) is 0 Å². The first-order chi connectivity index (χ1) is 11.3. The second-order valence-corrected chi connectivity index (χ2v) is 6.67. The third-order valence-electron chi connectivity index (χ3n) is 3.59. The molecule has 0 aliphatic rings. The molecule has 2 aromatic carbocycles. The molecule has 0 amide bonds. The van der Waals surface area contributed by atoms with Crippen LogP contribution in [-0.2, 0) is 6.42 Å². The number of rotatable bonds is 3. The summed E-state index contributed by atoms with van der Waals surface area (Å²) in [5.74, 6) is -6.03. The number of thiophene rings is 1. The summed E-state index contributed by atoms with van der Waals surface area (Å²) < 4.78 is 68.0. The Labute approximate surface area is 139 Å². The molecule has 0 saturated carbocycles. The van der Waals surface area contributed by atoms with Gasteiger partial charge in [0.25, 0.3) is 0 Å². The Balaban J connectivity index is 1.97. The van der Waals surface area contributed by atoms with Crippen LogP contribution < -0.4 is 0 Å². The van der Waals surface area contributed by atoms with Gasteiger partial charge in [0.15, 0.2) is 17.5 Å². The van der Waals surface area contributed by atoms with Crippen molar-refractivity contribution >= 4 is 11.3 Å². The lowest BCUT2D eigenvalue weighted by atomic mass is 10.0. The summed E-state index contributed by atoms with van der Waals surface area (Å²) in [6.07, 6.45) is -0.379. The molecule has 0 atom stereocenters. The van der Waals surface area contributed by atoms with Gasteiger partial charge in [0.1, 0.15) is 11.6 Å². The van der Waals surface area contributed by atoms with Crippen molar-refractivity contribution < 1.29 is 22.0 Å². The van der Waals surface area contributed by atoms with E-state index >= 15 is 0 Å². The number of hydrogen-bond acceptors (Lipinski definition) is 1. The quantitative estimate of drug-likeness (QED) is 0.399. The molecule has 0 unspecified atom stereocenters. The molecule has 24 heavy (non-hydrogen) atoms. The van der Waals surface area contributed by atoms with Crippen LogP contribution >= 0.6 is 11.3 Å². The van der Waals surface area contributed by atoms with E-state index in [1.165, 1.54) is 23.5 Å². The monoisotopic (exact) mass is 354 g/mol. The Kier molecular flexibility index (Phi) is 4.41. The minimum absolute atomic E-state index is 0.0519. The molecule has 6 heteroatoms. The van der Waals surface area contributed by atoms with Gasteiger partial charge in [-0.2, -0.15) is 0 Å². The Morgan fingerprint density at radius 2 is 1.38 bits per heavy atom. The van der Waals surface area contributed by atoms with Crippen molar-refractivity contribution in [3.05, 3.63) is 81.5 Å². The Morgan fingerprint density at radius 1 is 0.792 bits per heavy atom. The van der Waals surface area contributed by atoms with Gasteiger partial charge in [0, 0.05) is 21.7 Å². The SMILES string of the molecule is Cc1ccc(-c2cc(F)c(Cc3cc(F)c(F)c(F)c3)c(F)c2)s1. The fourth-order valence-electron chi connectivity index (χ4n) is 2.42. The molecule has 0 aliphatic heterocycles. The van der Waals surface area contributed by atoms with Gasteiger partial charge in [0.05, 0.1) is 0 Å². The second-order valence-electron chi connectivity index (χ2n) is 5.38. The van der Waals surface area contributed by atoms with E-state index in [1.54, 1.807) is 6.07 Å². The minimum Gasteiger partial charge on any atom is -0.207 e. The van der Waals surface area contributed by atoms with Gasteiger partial charge in [-0.1, -0.05) is 0 Å². The van der Waals surface area contributed by atoms with Gasteiger partial charge >= 0.3 is 0 Å². The highest BCUT2D eigenvalue weighted by Crippen LogP contribution is 2.31. The number of aryl methyl sites for hydroxylation is 1. The van der Waals surface area contributed by atoms with Crippen LogP contribution in [0.2, 0.25) is 0 Å². The van der Waals surface area contributed by atoms with Gasteiger partial charge < -0.3 is 0 Å². The maximum absolute atomic E-state index is 14.3. The molecule has 124 valence electrons. The molecular formula is C18H11F5S. The normalized spacial score (nSPS) is 11.1. The van der Waals surface area contributed by atoms with Crippen molar-refractivity contribution in [2.75, 3.05) is 0 Å².